The van der Waals surface area contributed by atoms with Crippen LogP contribution in [0.5, 0.6) is 5.88 Å². The van der Waals surface area contributed by atoms with E-state index < -0.39 is 0 Å². The van der Waals surface area contributed by atoms with Gasteiger partial charge in [-0.15, -0.1) is 5.10 Å². The summed E-state index contributed by atoms with van der Waals surface area (Å²) < 4.78 is 2.48. The molecule has 0 aliphatic heterocycles. The molecule has 4 nitrogen and oxygen atoms in total. The van der Waals surface area contributed by atoms with Gasteiger partial charge < -0.3 is 5.11 Å². The van der Waals surface area contributed by atoms with E-state index in [2.05, 4.69) is 39.9 Å². The molecule has 1 atom stereocenters. The second-order valence-electron chi connectivity index (χ2n) is 3.56. The van der Waals surface area contributed by atoms with E-state index in [-0.39, 0.29) is 5.88 Å². The summed E-state index contributed by atoms with van der Waals surface area (Å²) >= 11 is 3.23. The molecule has 6 heteroatoms. The Kier molecular flexibility index (Phi) is 2.94. The van der Waals surface area contributed by atoms with Gasteiger partial charge in [0.1, 0.15) is 0 Å². The van der Waals surface area contributed by atoms with E-state index in [4.69, 9.17) is 0 Å². The van der Waals surface area contributed by atoms with Crippen molar-refractivity contribution in [3.05, 3.63) is 16.7 Å². The highest BCUT2D eigenvalue weighted by Gasteiger charge is 2.07. The molecule has 0 aliphatic rings. The standard InChI is InChI=1S/C9H11BrN3OP/c1-5(2)15-13-4-6-3-7(10)9(14)11-8(6)12-13/h3-5,15H,1-2H3,(H,11,12,14). The van der Waals surface area contributed by atoms with Crippen LogP contribution in [0.3, 0.4) is 0 Å². The minimum atomic E-state index is -0.0133. The summed E-state index contributed by atoms with van der Waals surface area (Å²) in [5.74, 6) is -0.0133. The molecule has 1 unspecified atom stereocenters. The molecule has 0 fully saturated rings. The summed E-state index contributed by atoms with van der Waals surface area (Å²) in [5, 5.41) is 14.6. The van der Waals surface area contributed by atoms with Crippen molar-refractivity contribution in [1.29, 1.82) is 0 Å². The average molecular weight is 288 g/mol. The number of aromatic nitrogens is 3. The molecule has 15 heavy (non-hydrogen) atoms. The van der Waals surface area contributed by atoms with Gasteiger partial charge in [-0.3, -0.25) is 4.45 Å². The molecule has 2 rings (SSSR count). The summed E-state index contributed by atoms with van der Waals surface area (Å²) in [6.45, 7) is 4.29. The molecule has 0 saturated carbocycles. The average Bonchev–Trinajstić information content (AvgIpc) is 2.46. The lowest BCUT2D eigenvalue weighted by Gasteiger charge is -2.02. The van der Waals surface area contributed by atoms with Crippen molar-refractivity contribution in [2.24, 2.45) is 0 Å². The first-order chi connectivity index (χ1) is 7.06. The van der Waals surface area contributed by atoms with Crippen molar-refractivity contribution in [3.63, 3.8) is 0 Å². The third-order valence-electron chi connectivity index (χ3n) is 1.82. The van der Waals surface area contributed by atoms with E-state index in [0.717, 1.165) is 5.39 Å². The largest absolute Gasteiger partial charge is 0.492 e. The highest BCUT2D eigenvalue weighted by atomic mass is 79.9. The van der Waals surface area contributed by atoms with Crippen LogP contribution in [0, 0.1) is 0 Å². The van der Waals surface area contributed by atoms with E-state index in [0.29, 0.717) is 24.5 Å². The second kappa shape index (κ2) is 4.06. The normalized spacial score (nSPS) is 12.3. The van der Waals surface area contributed by atoms with Crippen molar-refractivity contribution >= 4 is 35.7 Å². The first kappa shape index (κ1) is 10.8. The van der Waals surface area contributed by atoms with Gasteiger partial charge in [-0.05, 0) is 27.7 Å². The zero-order valence-electron chi connectivity index (χ0n) is 8.40. The molecular formula is C9H11BrN3OP. The summed E-state index contributed by atoms with van der Waals surface area (Å²) in [4.78, 5) is 3.98. The van der Waals surface area contributed by atoms with Crippen LogP contribution in [0.2, 0.25) is 0 Å². The van der Waals surface area contributed by atoms with E-state index in [9.17, 15) is 5.11 Å². The zero-order chi connectivity index (χ0) is 11.0. The minimum absolute atomic E-state index is 0.0133. The Morgan fingerprint density at radius 3 is 2.93 bits per heavy atom. The van der Waals surface area contributed by atoms with E-state index in [1.54, 1.807) is 0 Å². The molecular weight excluding hydrogens is 277 g/mol. The van der Waals surface area contributed by atoms with Crippen molar-refractivity contribution < 1.29 is 5.11 Å². The van der Waals surface area contributed by atoms with E-state index >= 15 is 0 Å². The summed E-state index contributed by atoms with van der Waals surface area (Å²) in [7, 11) is 0.606. The third kappa shape index (κ3) is 2.29. The Labute approximate surface area is 97.7 Å². The number of hydrogen-bond donors (Lipinski definition) is 1. The third-order valence-corrected chi connectivity index (χ3v) is 3.41. The monoisotopic (exact) mass is 287 g/mol. The van der Waals surface area contributed by atoms with Gasteiger partial charge in [-0.2, -0.15) is 4.98 Å². The fourth-order valence-corrected chi connectivity index (χ4v) is 2.48. The van der Waals surface area contributed by atoms with Crippen LogP contribution in [-0.4, -0.2) is 25.3 Å². The number of nitrogens with zero attached hydrogens (tertiary/aromatic N) is 3. The van der Waals surface area contributed by atoms with Gasteiger partial charge in [-0.1, -0.05) is 13.8 Å². The molecule has 0 spiro atoms. The molecule has 1 N–H and O–H groups in total. The Morgan fingerprint density at radius 2 is 2.27 bits per heavy atom. The van der Waals surface area contributed by atoms with E-state index in [1.807, 2.05) is 16.7 Å². The molecule has 0 radical (unpaired) electrons. The lowest BCUT2D eigenvalue weighted by atomic mass is 10.4. The molecule has 0 amide bonds. The highest BCUT2D eigenvalue weighted by molar-refractivity contribution is 9.10. The van der Waals surface area contributed by atoms with Gasteiger partial charge in [0.15, 0.2) is 5.65 Å². The molecule has 0 aromatic carbocycles. The summed E-state index contributed by atoms with van der Waals surface area (Å²) in [6.07, 6.45) is 1.95. The second-order valence-corrected chi connectivity index (χ2v) is 6.29. The maximum atomic E-state index is 9.40. The van der Waals surface area contributed by atoms with Crippen LogP contribution >= 0.6 is 24.7 Å². The topological polar surface area (TPSA) is 50.9 Å². The van der Waals surface area contributed by atoms with Gasteiger partial charge in [0.05, 0.1) is 4.47 Å². The number of fused-ring (bicyclic) bond motifs is 1. The van der Waals surface area contributed by atoms with Crippen LogP contribution in [0.25, 0.3) is 11.0 Å². The molecule has 80 valence electrons. The van der Waals surface area contributed by atoms with Crippen LogP contribution < -0.4 is 0 Å². The van der Waals surface area contributed by atoms with Crippen LogP contribution in [-0.2, 0) is 0 Å². The maximum absolute atomic E-state index is 9.40. The fourth-order valence-electron chi connectivity index (χ4n) is 1.25. The molecule has 2 heterocycles. The predicted octanol–water partition coefficient (Wildman–Crippen LogP) is 2.75. The van der Waals surface area contributed by atoms with Gasteiger partial charge in [0, 0.05) is 20.3 Å². The zero-order valence-corrected chi connectivity index (χ0v) is 11.0. The van der Waals surface area contributed by atoms with Crippen molar-refractivity contribution in [1.82, 2.24) is 14.5 Å². The van der Waals surface area contributed by atoms with Crippen molar-refractivity contribution in [2.75, 3.05) is 0 Å². The maximum Gasteiger partial charge on any atom is 0.227 e. The predicted molar refractivity (Wildman–Crippen MR) is 65.7 cm³/mol. The molecule has 2 aromatic rings. The van der Waals surface area contributed by atoms with Gasteiger partial charge >= 0.3 is 0 Å². The van der Waals surface area contributed by atoms with Gasteiger partial charge in [0.2, 0.25) is 5.88 Å². The number of hydrogen-bond acceptors (Lipinski definition) is 3. The Morgan fingerprint density at radius 1 is 1.53 bits per heavy atom. The van der Waals surface area contributed by atoms with Gasteiger partial charge in [-0.25, -0.2) is 0 Å². The fraction of sp³-hybridized carbons (Fsp3) is 0.333. The lowest BCUT2D eigenvalue weighted by Crippen LogP contribution is -1.91. The molecule has 2 aromatic heterocycles. The van der Waals surface area contributed by atoms with E-state index in [1.165, 1.54) is 0 Å². The molecule has 0 aliphatic carbocycles. The van der Waals surface area contributed by atoms with Crippen LogP contribution in [0.1, 0.15) is 13.8 Å². The quantitative estimate of drug-likeness (QED) is 0.864. The van der Waals surface area contributed by atoms with Crippen molar-refractivity contribution in [2.45, 2.75) is 19.5 Å². The molecule has 0 saturated heterocycles. The Balaban J connectivity index is 2.47. The Hall–Kier alpha value is -0.670. The number of halogens is 1. The summed E-state index contributed by atoms with van der Waals surface area (Å²) in [5.41, 5.74) is 1.15. The van der Waals surface area contributed by atoms with Gasteiger partial charge in [0.25, 0.3) is 0 Å². The van der Waals surface area contributed by atoms with Crippen LogP contribution in [0.4, 0.5) is 0 Å². The highest BCUT2D eigenvalue weighted by Crippen LogP contribution is 2.28. The Bertz CT molecular complexity index is 458. The van der Waals surface area contributed by atoms with Crippen LogP contribution in [0.15, 0.2) is 16.7 Å². The number of pyridine rings is 1. The minimum Gasteiger partial charge on any atom is -0.492 e. The smallest absolute Gasteiger partial charge is 0.227 e. The SMILES string of the molecule is CC(C)Pn1cc2cc(Br)c(O)nc2n1. The first-order valence-electron chi connectivity index (χ1n) is 4.57. The van der Waals surface area contributed by atoms with Crippen molar-refractivity contribution in [3.8, 4) is 5.88 Å². The first-order valence-corrected chi connectivity index (χ1v) is 6.39. The lowest BCUT2D eigenvalue weighted by molar-refractivity contribution is 0.452. The number of aromatic hydroxyl groups is 1. The molecule has 0 bridgehead atoms. The number of rotatable bonds is 2. The summed E-state index contributed by atoms with van der Waals surface area (Å²) in [6, 6.07) is 1.83.